The van der Waals surface area contributed by atoms with Crippen molar-refractivity contribution in [2.24, 2.45) is 0 Å². The molecule has 0 radical (unpaired) electrons. The molecule has 0 unspecified atom stereocenters. The van der Waals surface area contributed by atoms with Gasteiger partial charge >= 0.3 is 0 Å². The second kappa shape index (κ2) is 8.32. The minimum atomic E-state index is -0.679. The number of hydrogen-bond acceptors (Lipinski definition) is 5. The zero-order chi connectivity index (χ0) is 18.4. The van der Waals surface area contributed by atoms with E-state index >= 15 is 0 Å². The van der Waals surface area contributed by atoms with Crippen molar-refractivity contribution < 1.29 is 14.5 Å². The number of hydrazine groups is 1. The number of carbonyl (C=O) groups is 2. The molecule has 0 aliphatic carbocycles. The molecule has 3 N–H and O–H groups in total. The Hall–Kier alpha value is -2.84. The van der Waals surface area contributed by atoms with Gasteiger partial charge < -0.3 is 5.32 Å². The first-order valence-corrected chi connectivity index (χ1v) is 7.65. The molecule has 0 fully saturated rings. The number of benzene rings is 2. The van der Waals surface area contributed by atoms with Crippen molar-refractivity contribution in [3.8, 4) is 0 Å². The summed E-state index contributed by atoms with van der Waals surface area (Å²) in [5, 5.41) is 14.3. The SMILES string of the molecule is O=C(CNc1ccc(Cl)cc1Cl)NNC(=O)c1cccc([N+](=O)[O-])c1. The third-order valence-electron chi connectivity index (χ3n) is 3.01. The molecule has 0 saturated carbocycles. The average Bonchev–Trinajstić information content (AvgIpc) is 2.59. The minimum absolute atomic E-state index is 0.0446. The molecule has 0 saturated heterocycles. The van der Waals surface area contributed by atoms with Crippen molar-refractivity contribution >= 4 is 46.4 Å². The van der Waals surface area contributed by atoms with Crippen LogP contribution in [0.2, 0.25) is 10.0 Å². The van der Waals surface area contributed by atoms with Gasteiger partial charge in [-0.2, -0.15) is 0 Å². The topological polar surface area (TPSA) is 113 Å². The van der Waals surface area contributed by atoms with E-state index in [-0.39, 0.29) is 17.8 Å². The smallest absolute Gasteiger partial charge is 0.270 e. The molecule has 0 bridgehead atoms. The minimum Gasteiger partial charge on any atom is -0.375 e. The number of non-ortho nitro benzene ring substituents is 1. The van der Waals surface area contributed by atoms with Gasteiger partial charge in [0, 0.05) is 22.7 Å². The Kier molecular flexibility index (Phi) is 6.15. The zero-order valence-corrected chi connectivity index (χ0v) is 14.1. The van der Waals surface area contributed by atoms with Crippen LogP contribution in [0.1, 0.15) is 10.4 Å². The highest BCUT2D eigenvalue weighted by Crippen LogP contribution is 2.24. The largest absolute Gasteiger partial charge is 0.375 e. The van der Waals surface area contributed by atoms with Gasteiger partial charge in [-0.25, -0.2) is 0 Å². The lowest BCUT2D eigenvalue weighted by molar-refractivity contribution is -0.384. The molecule has 0 atom stereocenters. The monoisotopic (exact) mass is 382 g/mol. The van der Waals surface area contributed by atoms with Crippen LogP contribution in [-0.2, 0) is 4.79 Å². The van der Waals surface area contributed by atoms with Gasteiger partial charge in [-0.15, -0.1) is 0 Å². The van der Waals surface area contributed by atoms with E-state index in [4.69, 9.17) is 23.2 Å². The number of halogens is 2. The van der Waals surface area contributed by atoms with Crippen LogP contribution >= 0.6 is 23.2 Å². The Balaban J connectivity index is 1.86. The fraction of sp³-hybridized carbons (Fsp3) is 0.0667. The molecule has 0 aliphatic rings. The van der Waals surface area contributed by atoms with Crippen molar-refractivity contribution in [2.45, 2.75) is 0 Å². The Morgan fingerprint density at radius 2 is 1.84 bits per heavy atom. The summed E-state index contributed by atoms with van der Waals surface area (Å²) in [4.78, 5) is 33.7. The number of rotatable bonds is 5. The van der Waals surface area contributed by atoms with Gasteiger partial charge in [-0.1, -0.05) is 29.3 Å². The number of anilines is 1. The Morgan fingerprint density at radius 1 is 1.08 bits per heavy atom. The van der Waals surface area contributed by atoms with Crippen molar-refractivity contribution in [3.63, 3.8) is 0 Å². The summed E-state index contributed by atoms with van der Waals surface area (Å²) in [6.45, 7) is -0.156. The molecule has 2 aromatic carbocycles. The van der Waals surface area contributed by atoms with Crippen LogP contribution in [0.4, 0.5) is 11.4 Å². The highest BCUT2D eigenvalue weighted by molar-refractivity contribution is 6.36. The predicted octanol–water partition coefficient (Wildman–Crippen LogP) is 2.77. The molecular weight excluding hydrogens is 371 g/mol. The van der Waals surface area contributed by atoms with E-state index in [9.17, 15) is 19.7 Å². The lowest BCUT2D eigenvalue weighted by Gasteiger charge is -2.10. The normalized spacial score (nSPS) is 10.0. The van der Waals surface area contributed by atoms with Crippen LogP contribution < -0.4 is 16.2 Å². The fourth-order valence-electron chi connectivity index (χ4n) is 1.81. The summed E-state index contributed by atoms with van der Waals surface area (Å²) < 4.78 is 0. The van der Waals surface area contributed by atoms with Gasteiger partial charge in [-0.3, -0.25) is 30.6 Å². The predicted molar refractivity (Wildman–Crippen MR) is 93.7 cm³/mol. The molecule has 25 heavy (non-hydrogen) atoms. The van der Waals surface area contributed by atoms with Gasteiger partial charge in [0.1, 0.15) is 0 Å². The first-order valence-electron chi connectivity index (χ1n) is 6.89. The second-order valence-electron chi connectivity index (χ2n) is 4.79. The van der Waals surface area contributed by atoms with Gasteiger partial charge in [-0.05, 0) is 24.3 Å². The molecule has 0 aliphatic heterocycles. The van der Waals surface area contributed by atoms with E-state index in [2.05, 4.69) is 16.2 Å². The molecule has 2 amide bonds. The second-order valence-corrected chi connectivity index (χ2v) is 5.63. The first-order chi connectivity index (χ1) is 11.9. The fourth-order valence-corrected chi connectivity index (χ4v) is 2.29. The highest BCUT2D eigenvalue weighted by atomic mass is 35.5. The van der Waals surface area contributed by atoms with Crippen molar-refractivity contribution in [2.75, 3.05) is 11.9 Å². The zero-order valence-electron chi connectivity index (χ0n) is 12.6. The van der Waals surface area contributed by atoms with Crippen LogP contribution in [0, 0.1) is 10.1 Å². The van der Waals surface area contributed by atoms with Crippen molar-refractivity contribution in [1.29, 1.82) is 0 Å². The van der Waals surface area contributed by atoms with E-state index in [1.165, 1.54) is 24.3 Å². The number of nitrogens with one attached hydrogen (secondary N) is 3. The standard InChI is InChI=1S/C15H12Cl2N4O4/c16-10-4-5-13(12(17)7-10)18-8-14(22)19-20-15(23)9-2-1-3-11(6-9)21(24)25/h1-7,18H,8H2,(H,19,22)(H,20,23). The molecule has 0 spiro atoms. The van der Waals surface area contributed by atoms with Gasteiger partial charge in [0.15, 0.2) is 0 Å². The molecular formula is C15H12Cl2N4O4. The molecule has 0 heterocycles. The number of nitro groups is 1. The summed E-state index contributed by atoms with van der Waals surface area (Å²) in [7, 11) is 0. The van der Waals surface area contributed by atoms with Crippen LogP contribution in [0.25, 0.3) is 0 Å². The van der Waals surface area contributed by atoms with Gasteiger partial charge in [0.05, 0.1) is 22.2 Å². The number of nitrogens with zero attached hydrogens (tertiary/aromatic N) is 1. The lowest BCUT2D eigenvalue weighted by Crippen LogP contribution is -2.44. The maximum absolute atomic E-state index is 11.9. The van der Waals surface area contributed by atoms with Gasteiger partial charge in [0.25, 0.3) is 17.5 Å². The molecule has 0 aromatic heterocycles. The lowest BCUT2D eigenvalue weighted by atomic mass is 10.2. The Labute approximate surface area is 152 Å². The van der Waals surface area contributed by atoms with Crippen LogP contribution in [-0.4, -0.2) is 23.3 Å². The molecule has 130 valence electrons. The molecule has 10 heteroatoms. The van der Waals surface area contributed by atoms with Crippen LogP contribution in [0.3, 0.4) is 0 Å². The summed E-state index contributed by atoms with van der Waals surface area (Å²) in [6, 6.07) is 9.87. The van der Waals surface area contributed by atoms with Crippen molar-refractivity contribution in [3.05, 3.63) is 68.2 Å². The Bertz CT molecular complexity index is 829. The summed E-state index contributed by atoms with van der Waals surface area (Å²) in [5.41, 5.74) is 4.69. The average molecular weight is 383 g/mol. The van der Waals surface area contributed by atoms with E-state index < -0.39 is 16.7 Å². The molecule has 2 rings (SSSR count). The van der Waals surface area contributed by atoms with Gasteiger partial charge in [0.2, 0.25) is 0 Å². The number of nitro benzene ring substituents is 1. The Morgan fingerprint density at radius 3 is 2.52 bits per heavy atom. The van der Waals surface area contributed by atoms with E-state index in [1.807, 2.05) is 0 Å². The maximum Gasteiger partial charge on any atom is 0.270 e. The number of carbonyl (C=O) groups excluding carboxylic acids is 2. The third kappa shape index (κ3) is 5.33. The van der Waals surface area contributed by atoms with Crippen molar-refractivity contribution in [1.82, 2.24) is 10.9 Å². The highest BCUT2D eigenvalue weighted by Gasteiger charge is 2.12. The van der Waals surface area contributed by atoms with E-state index in [0.29, 0.717) is 15.7 Å². The van der Waals surface area contributed by atoms with E-state index in [0.717, 1.165) is 6.07 Å². The van der Waals surface area contributed by atoms with Crippen LogP contribution in [0.5, 0.6) is 0 Å². The molecule has 2 aromatic rings. The number of amides is 2. The quantitative estimate of drug-likeness (QED) is 0.543. The summed E-state index contributed by atoms with van der Waals surface area (Å²) in [5.74, 6) is -1.22. The van der Waals surface area contributed by atoms with E-state index in [1.54, 1.807) is 12.1 Å². The molecule has 8 nitrogen and oxygen atoms in total. The third-order valence-corrected chi connectivity index (χ3v) is 3.55. The summed E-state index contributed by atoms with van der Waals surface area (Å²) in [6.07, 6.45) is 0. The summed E-state index contributed by atoms with van der Waals surface area (Å²) >= 11 is 11.7. The maximum atomic E-state index is 11.9. The van der Waals surface area contributed by atoms with Crippen LogP contribution in [0.15, 0.2) is 42.5 Å². The number of hydrogen-bond donors (Lipinski definition) is 3. The first kappa shape index (κ1) is 18.5.